The molecule has 0 N–H and O–H groups in total. The van der Waals surface area contributed by atoms with E-state index < -0.39 is 0 Å². The molecule has 60 valence electrons. The van der Waals surface area contributed by atoms with Gasteiger partial charge in [0.05, 0.1) is 5.92 Å². The van der Waals surface area contributed by atoms with Crippen molar-refractivity contribution in [2.24, 2.45) is 5.92 Å². The molecule has 0 saturated heterocycles. The van der Waals surface area contributed by atoms with Gasteiger partial charge in [-0.25, -0.2) is 0 Å². The van der Waals surface area contributed by atoms with Crippen molar-refractivity contribution in [1.29, 1.82) is 0 Å². The molecule has 1 aliphatic rings. The minimum atomic E-state index is -0.329. The molecule has 0 bridgehead atoms. The summed E-state index contributed by atoms with van der Waals surface area (Å²) in [5.74, 6) is -0.394. The fourth-order valence-corrected chi connectivity index (χ4v) is 0.969. The molecule has 1 rings (SSSR count). The van der Waals surface area contributed by atoms with E-state index in [0.29, 0.717) is 6.42 Å². The first kappa shape index (κ1) is 7.98. The van der Waals surface area contributed by atoms with Gasteiger partial charge in [0.15, 0.2) is 5.78 Å². The van der Waals surface area contributed by atoms with Gasteiger partial charge in [0.2, 0.25) is 0 Å². The Labute approximate surface area is 65.0 Å². The number of carbonyl (C=O) groups excluding carboxylic acids is 2. The van der Waals surface area contributed by atoms with Crippen LogP contribution in [-0.2, 0) is 14.3 Å². The molecule has 0 aliphatic heterocycles. The van der Waals surface area contributed by atoms with Gasteiger partial charge in [0.25, 0.3) is 0 Å². The van der Waals surface area contributed by atoms with E-state index in [1.165, 1.54) is 13.0 Å². The zero-order valence-corrected chi connectivity index (χ0v) is 6.37. The van der Waals surface area contributed by atoms with Crippen LogP contribution < -0.4 is 0 Å². The molecule has 0 heterocycles. The number of allylic oxidation sites excluding steroid dienone is 2. The summed E-state index contributed by atoms with van der Waals surface area (Å²) in [5, 5.41) is 0. The van der Waals surface area contributed by atoms with E-state index in [9.17, 15) is 9.59 Å². The molecule has 0 aromatic rings. The molecule has 0 amide bonds. The molecule has 0 aromatic carbocycles. The number of hydrogen-bond acceptors (Lipinski definition) is 3. The average molecular weight is 154 g/mol. The molecule has 3 heteroatoms. The zero-order valence-electron chi connectivity index (χ0n) is 6.37. The Balaban J connectivity index is 2.28. The second kappa shape index (κ2) is 3.32. The van der Waals surface area contributed by atoms with E-state index in [4.69, 9.17) is 4.74 Å². The highest BCUT2D eigenvalue weighted by Crippen LogP contribution is 2.14. The van der Waals surface area contributed by atoms with Crippen LogP contribution in [0, 0.1) is 5.92 Å². The Kier molecular flexibility index (Phi) is 2.41. The van der Waals surface area contributed by atoms with Gasteiger partial charge < -0.3 is 4.74 Å². The van der Waals surface area contributed by atoms with E-state index in [-0.39, 0.29) is 24.3 Å². The van der Waals surface area contributed by atoms with Gasteiger partial charge in [-0.05, 0) is 12.5 Å². The minimum Gasteiger partial charge on any atom is -0.465 e. The van der Waals surface area contributed by atoms with Crippen LogP contribution in [0.1, 0.15) is 13.3 Å². The fraction of sp³-hybridized carbons (Fsp3) is 0.500. The van der Waals surface area contributed by atoms with Gasteiger partial charge in [0, 0.05) is 6.92 Å². The van der Waals surface area contributed by atoms with Crippen molar-refractivity contribution in [2.75, 3.05) is 6.61 Å². The first-order chi connectivity index (χ1) is 5.20. The van der Waals surface area contributed by atoms with Gasteiger partial charge in [-0.15, -0.1) is 0 Å². The monoisotopic (exact) mass is 154 g/mol. The highest BCUT2D eigenvalue weighted by Gasteiger charge is 2.20. The van der Waals surface area contributed by atoms with Gasteiger partial charge in [-0.2, -0.15) is 0 Å². The Hall–Kier alpha value is -1.12. The summed E-state index contributed by atoms with van der Waals surface area (Å²) in [4.78, 5) is 21.3. The van der Waals surface area contributed by atoms with Crippen LogP contribution in [0.25, 0.3) is 0 Å². The molecule has 1 aliphatic carbocycles. The lowest BCUT2D eigenvalue weighted by atomic mass is 10.1. The van der Waals surface area contributed by atoms with Crippen molar-refractivity contribution >= 4 is 11.8 Å². The van der Waals surface area contributed by atoms with E-state index in [0.717, 1.165) is 0 Å². The summed E-state index contributed by atoms with van der Waals surface area (Å²) in [5.41, 5.74) is 0. The number of rotatable bonds is 2. The van der Waals surface area contributed by atoms with Crippen LogP contribution in [0.2, 0.25) is 0 Å². The van der Waals surface area contributed by atoms with E-state index in [1.807, 2.05) is 0 Å². The van der Waals surface area contributed by atoms with Crippen molar-refractivity contribution in [3.63, 3.8) is 0 Å². The Morgan fingerprint density at radius 1 is 1.82 bits per heavy atom. The molecule has 0 saturated carbocycles. The largest absolute Gasteiger partial charge is 0.465 e. The summed E-state index contributed by atoms with van der Waals surface area (Å²) in [6.07, 6.45) is 4.04. The van der Waals surface area contributed by atoms with Crippen LogP contribution in [-0.4, -0.2) is 18.4 Å². The lowest BCUT2D eigenvalue weighted by Crippen LogP contribution is -2.16. The van der Waals surface area contributed by atoms with Crippen molar-refractivity contribution in [3.05, 3.63) is 12.2 Å². The Bertz CT molecular complexity index is 205. The maximum absolute atomic E-state index is 10.9. The molecular formula is C8H10O3. The van der Waals surface area contributed by atoms with Crippen LogP contribution in [0.5, 0.6) is 0 Å². The number of esters is 1. The third kappa shape index (κ3) is 2.18. The average Bonchev–Trinajstić information content (AvgIpc) is 2.31. The number of hydrogen-bond donors (Lipinski definition) is 0. The summed E-state index contributed by atoms with van der Waals surface area (Å²) in [7, 11) is 0. The maximum atomic E-state index is 10.9. The standard InChI is InChI=1S/C8H10O3/c1-6(9)11-5-7-3-2-4-8(7)10/h2,4,7H,3,5H2,1H3. The van der Waals surface area contributed by atoms with Crippen LogP contribution >= 0.6 is 0 Å². The normalized spacial score (nSPS) is 22.3. The highest BCUT2D eigenvalue weighted by molar-refractivity contribution is 5.94. The third-order valence-electron chi connectivity index (χ3n) is 1.59. The summed E-state index contributed by atoms with van der Waals surface area (Å²) in [6.45, 7) is 1.56. The first-order valence-electron chi connectivity index (χ1n) is 3.54. The summed E-state index contributed by atoms with van der Waals surface area (Å²) < 4.78 is 4.70. The Morgan fingerprint density at radius 2 is 2.55 bits per heavy atom. The molecule has 0 fully saturated rings. The fourth-order valence-electron chi connectivity index (χ4n) is 0.969. The van der Waals surface area contributed by atoms with Crippen molar-refractivity contribution in [3.8, 4) is 0 Å². The molecular weight excluding hydrogens is 144 g/mol. The molecule has 1 atom stereocenters. The molecule has 0 radical (unpaired) electrons. The van der Waals surface area contributed by atoms with Gasteiger partial charge in [-0.1, -0.05) is 6.08 Å². The smallest absolute Gasteiger partial charge is 0.302 e. The molecule has 0 aromatic heterocycles. The lowest BCUT2D eigenvalue weighted by molar-refractivity contribution is -0.143. The second-order valence-corrected chi connectivity index (χ2v) is 2.54. The minimum absolute atomic E-state index is 0.0613. The molecule has 3 nitrogen and oxygen atoms in total. The van der Waals surface area contributed by atoms with Crippen molar-refractivity contribution < 1.29 is 14.3 Å². The van der Waals surface area contributed by atoms with Gasteiger partial charge >= 0.3 is 5.97 Å². The van der Waals surface area contributed by atoms with Crippen LogP contribution in [0.4, 0.5) is 0 Å². The SMILES string of the molecule is CC(=O)OCC1CC=CC1=O. The quantitative estimate of drug-likeness (QED) is 0.550. The predicted octanol–water partition coefficient (Wildman–Crippen LogP) is 0.695. The third-order valence-corrected chi connectivity index (χ3v) is 1.59. The van der Waals surface area contributed by atoms with Gasteiger partial charge in [-0.3, -0.25) is 9.59 Å². The van der Waals surface area contributed by atoms with Crippen LogP contribution in [0.15, 0.2) is 12.2 Å². The maximum Gasteiger partial charge on any atom is 0.302 e. The zero-order chi connectivity index (χ0) is 8.27. The van der Waals surface area contributed by atoms with Crippen LogP contribution in [0.3, 0.4) is 0 Å². The number of ketones is 1. The summed E-state index contributed by atoms with van der Waals surface area (Å²) >= 11 is 0. The van der Waals surface area contributed by atoms with Gasteiger partial charge in [0.1, 0.15) is 6.61 Å². The summed E-state index contributed by atoms with van der Waals surface area (Å²) in [6, 6.07) is 0. The topological polar surface area (TPSA) is 43.4 Å². The van der Waals surface area contributed by atoms with E-state index >= 15 is 0 Å². The number of carbonyl (C=O) groups is 2. The predicted molar refractivity (Wildman–Crippen MR) is 38.9 cm³/mol. The molecule has 0 spiro atoms. The van der Waals surface area contributed by atoms with Crippen molar-refractivity contribution in [2.45, 2.75) is 13.3 Å². The van der Waals surface area contributed by atoms with E-state index in [2.05, 4.69) is 0 Å². The highest BCUT2D eigenvalue weighted by atomic mass is 16.5. The number of ether oxygens (including phenoxy) is 1. The second-order valence-electron chi connectivity index (χ2n) is 2.54. The molecule has 11 heavy (non-hydrogen) atoms. The van der Waals surface area contributed by atoms with E-state index in [1.54, 1.807) is 6.08 Å². The molecule has 1 unspecified atom stereocenters. The lowest BCUT2D eigenvalue weighted by Gasteiger charge is -2.06. The first-order valence-corrected chi connectivity index (χ1v) is 3.54. The van der Waals surface area contributed by atoms with Crippen molar-refractivity contribution in [1.82, 2.24) is 0 Å². The Morgan fingerprint density at radius 3 is 3.00 bits per heavy atom.